The summed E-state index contributed by atoms with van der Waals surface area (Å²) in [5, 5.41) is 101. The number of amides is 1. The number of ketones is 2. The summed E-state index contributed by atoms with van der Waals surface area (Å²) in [5.41, 5.74) is -6.35. The third-order valence-corrected chi connectivity index (χ3v) is 9.49. The first-order chi connectivity index (χ1) is 21.0. The van der Waals surface area contributed by atoms with Crippen LogP contribution in [-0.4, -0.2) is 138 Å². The Morgan fingerprint density at radius 3 is 2.38 bits per heavy atom. The van der Waals surface area contributed by atoms with Crippen LogP contribution in [0.2, 0.25) is 0 Å². The first kappa shape index (κ1) is 32.9. The summed E-state index contributed by atoms with van der Waals surface area (Å²) < 4.78 is 5.04. The highest BCUT2D eigenvalue weighted by atomic mass is 16.6. The van der Waals surface area contributed by atoms with Crippen molar-refractivity contribution in [2.24, 2.45) is 11.8 Å². The molecule has 11 N–H and O–H groups in total. The summed E-state index contributed by atoms with van der Waals surface area (Å²) in [5.74, 6) is -8.49. The first-order valence-corrected chi connectivity index (χ1v) is 14.2. The van der Waals surface area contributed by atoms with E-state index in [1.165, 1.54) is 44.1 Å². The Morgan fingerprint density at radius 1 is 1.09 bits per heavy atom. The lowest BCUT2D eigenvalue weighted by Gasteiger charge is -2.53. The smallest absolute Gasteiger partial charge is 0.259 e. The molecule has 1 saturated heterocycles. The van der Waals surface area contributed by atoms with Gasteiger partial charge in [0.25, 0.3) is 5.91 Å². The molecule has 0 aromatic heterocycles. The maximum atomic E-state index is 14.1. The number of fused-ring (bicyclic) bond motifs is 3. The van der Waals surface area contributed by atoms with Crippen molar-refractivity contribution in [2.45, 2.75) is 61.2 Å². The van der Waals surface area contributed by atoms with Crippen molar-refractivity contribution in [3.63, 3.8) is 0 Å². The standard InChI is InChI=1S/C29H37N3O13/c1-28(43)10-5-4-6-13(34)15(10)21(36)16-11(28)7-12-19(32(2)3)22(37)17(25(40)29(12,44)24(16)39)26(41)31-9-30-18-23(38)20(35)14(8-33)45-27(18)42/h4-6,11-12,14,18-20,23,27,30,33-36,38,40,42-44H,7-9H2,1-3H3,(H,31,41)/t11-,12-,14+,18+,19-,20+,23+,27+,28+,29-/m0/s1. The number of nitrogens with zero attached hydrogens (tertiary/aromatic N) is 1. The molecule has 0 bridgehead atoms. The number of aliphatic hydroxyl groups is 8. The monoisotopic (exact) mass is 635 g/mol. The number of Topliss-reactive ketones (excluding diaryl/α,β-unsaturated/α-hetero) is 2. The molecule has 5 rings (SSSR count). The van der Waals surface area contributed by atoms with Gasteiger partial charge in [0.2, 0.25) is 5.78 Å². The number of phenolic OH excluding ortho intramolecular Hbond substituents is 1. The van der Waals surface area contributed by atoms with E-state index in [1.807, 2.05) is 0 Å². The second-order valence-corrected chi connectivity index (χ2v) is 12.2. The minimum atomic E-state index is -2.91. The normalized spacial score (nSPS) is 38.2. The molecule has 45 heavy (non-hydrogen) atoms. The molecule has 0 unspecified atom stereocenters. The van der Waals surface area contributed by atoms with E-state index in [1.54, 1.807) is 0 Å². The quantitative estimate of drug-likeness (QED) is 0.107. The van der Waals surface area contributed by atoms with Gasteiger partial charge in [0.15, 0.2) is 17.7 Å². The van der Waals surface area contributed by atoms with Gasteiger partial charge in [0, 0.05) is 17.4 Å². The minimum absolute atomic E-state index is 0.112. The maximum absolute atomic E-state index is 14.1. The SMILES string of the molecule is CN(C)[C@@H]1C(=O)C(C(=O)NCN[C@@H]2[C@@H](O)[C@H](O)[C@@H](CO)O[C@H]2O)=C(O)[C@@]2(O)C(=O)C3=C(O)c4c(O)cccc4[C@@](C)(O)[C@H]3C[C@@H]12. The molecule has 0 radical (unpaired) electrons. The predicted octanol–water partition coefficient (Wildman–Crippen LogP) is -3.39. The molecule has 1 saturated carbocycles. The van der Waals surface area contributed by atoms with E-state index in [0.717, 1.165) is 0 Å². The fourth-order valence-electron chi connectivity index (χ4n) is 7.14. The molecule has 10 atom stereocenters. The Balaban J connectivity index is 1.50. The van der Waals surface area contributed by atoms with Gasteiger partial charge < -0.3 is 56.0 Å². The summed E-state index contributed by atoms with van der Waals surface area (Å²) in [4.78, 5) is 42.6. The lowest BCUT2D eigenvalue weighted by atomic mass is 9.54. The van der Waals surface area contributed by atoms with Crippen LogP contribution in [0.1, 0.15) is 24.5 Å². The molecule has 1 aromatic rings. The number of carbonyl (C=O) groups is 3. The number of nitrogens with one attached hydrogen (secondary N) is 2. The van der Waals surface area contributed by atoms with Crippen molar-refractivity contribution < 1.29 is 65.1 Å². The number of hydrogen-bond donors (Lipinski definition) is 11. The van der Waals surface area contributed by atoms with Gasteiger partial charge in [-0.05, 0) is 39.1 Å². The summed E-state index contributed by atoms with van der Waals surface area (Å²) in [6, 6.07) is 1.41. The Bertz CT molecular complexity index is 1490. The largest absolute Gasteiger partial charge is 0.508 e. The number of rotatable bonds is 6. The first-order valence-electron chi connectivity index (χ1n) is 14.2. The number of ether oxygens (including phenoxy) is 1. The highest BCUT2D eigenvalue weighted by Gasteiger charge is 2.66. The number of hydrogen-bond acceptors (Lipinski definition) is 15. The van der Waals surface area contributed by atoms with Gasteiger partial charge in [-0.25, -0.2) is 0 Å². The van der Waals surface area contributed by atoms with E-state index >= 15 is 0 Å². The highest BCUT2D eigenvalue weighted by molar-refractivity contribution is 6.25. The number of aliphatic hydroxyl groups excluding tert-OH is 6. The van der Waals surface area contributed by atoms with Crippen molar-refractivity contribution in [3.05, 3.63) is 46.2 Å². The number of phenols is 1. The molecular weight excluding hydrogens is 598 g/mol. The topological polar surface area (TPSA) is 270 Å². The lowest BCUT2D eigenvalue weighted by Crippen LogP contribution is -2.67. The van der Waals surface area contributed by atoms with Crippen LogP contribution in [0.15, 0.2) is 35.1 Å². The molecule has 1 aliphatic heterocycles. The van der Waals surface area contributed by atoms with Gasteiger partial charge in [0.1, 0.15) is 41.2 Å². The zero-order valence-corrected chi connectivity index (χ0v) is 24.6. The van der Waals surface area contributed by atoms with Crippen LogP contribution in [-0.2, 0) is 24.7 Å². The Kier molecular flexibility index (Phi) is 8.35. The maximum Gasteiger partial charge on any atom is 0.259 e. The lowest BCUT2D eigenvalue weighted by molar-refractivity contribution is -0.254. The predicted molar refractivity (Wildman–Crippen MR) is 151 cm³/mol. The van der Waals surface area contributed by atoms with Gasteiger partial charge in [0.05, 0.1) is 36.5 Å². The Labute approximate surface area is 256 Å². The van der Waals surface area contributed by atoms with E-state index in [0.29, 0.717) is 0 Å². The van der Waals surface area contributed by atoms with Gasteiger partial charge in [-0.2, -0.15) is 0 Å². The minimum Gasteiger partial charge on any atom is -0.508 e. The summed E-state index contributed by atoms with van der Waals surface area (Å²) >= 11 is 0. The van der Waals surface area contributed by atoms with Crippen LogP contribution < -0.4 is 10.6 Å². The number of aromatic hydroxyl groups is 1. The van der Waals surface area contributed by atoms with E-state index in [-0.39, 0.29) is 17.5 Å². The molecule has 246 valence electrons. The number of benzene rings is 1. The van der Waals surface area contributed by atoms with E-state index in [9.17, 15) is 60.3 Å². The van der Waals surface area contributed by atoms with E-state index in [4.69, 9.17) is 4.74 Å². The number of carbonyl (C=O) groups excluding carboxylic acids is 3. The third-order valence-electron chi connectivity index (χ3n) is 9.49. The molecular formula is C29H37N3O13. The second kappa shape index (κ2) is 11.4. The second-order valence-electron chi connectivity index (χ2n) is 12.2. The van der Waals surface area contributed by atoms with Gasteiger partial charge >= 0.3 is 0 Å². The van der Waals surface area contributed by atoms with E-state index < -0.39 is 119 Å². The van der Waals surface area contributed by atoms with Crippen LogP contribution in [0.25, 0.3) is 5.76 Å². The summed E-state index contributed by atoms with van der Waals surface area (Å²) in [6.45, 7) is 0.104. The van der Waals surface area contributed by atoms with Crippen molar-refractivity contribution in [2.75, 3.05) is 27.4 Å². The van der Waals surface area contributed by atoms with Crippen molar-refractivity contribution in [1.29, 1.82) is 0 Å². The molecule has 4 aliphatic rings. The van der Waals surface area contributed by atoms with Crippen molar-refractivity contribution in [1.82, 2.24) is 15.5 Å². The molecule has 16 heteroatoms. The van der Waals surface area contributed by atoms with Gasteiger partial charge in [-0.15, -0.1) is 0 Å². The molecule has 1 aromatic carbocycles. The molecule has 1 heterocycles. The molecule has 0 spiro atoms. The zero-order chi connectivity index (χ0) is 33.3. The molecule has 1 amide bonds. The van der Waals surface area contributed by atoms with Crippen LogP contribution in [0.4, 0.5) is 0 Å². The Hall–Kier alpha value is -3.45. The van der Waals surface area contributed by atoms with Crippen LogP contribution >= 0.6 is 0 Å². The summed E-state index contributed by atoms with van der Waals surface area (Å²) in [6.07, 6.45) is -6.52. The fourth-order valence-corrected chi connectivity index (χ4v) is 7.14. The van der Waals surface area contributed by atoms with Crippen molar-refractivity contribution in [3.8, 4) is 5.75 Å². The van der Waals surface area contributed by atoms with Crippen LogP contribution in [0, 0.1) is 11.8 Å². The average molecular weight is 636 g/mol. The third kappa shape index (κ3) is 4.76. The molecule has 2 fully saturated rings. The number of likely N-dealkylation sites (N-methyl/N-ethyl adjacent to an activating group) is 1. The van der Waals surface area contributed by atoms with Crippen LogP contribution in [0.5, 0.6) is 5.75 Å². The van der Waals surface area contributed by atoms with Crippen LogP contribution in [0.3, 0.4) is 0 Å². The van der Waals surface area contributed by atoms with Gasteiger partial charge in [-0.1, -0.05) is 12.1 Å². The Morgan fingerprint density at radius 2 is 1.76 bits per heavy atom. The van der Waals surface area contributed by atoms with E-state index in [2.05, 4.69) is 10.6 Å². The molecule has 3 aliphatic carbocycles. The fraction of sp³-hybridized carbons (Fsp3) is 0.552. The highest BCUT2D eigenvalue weighted by Crippen LogP contribution is 2.57. The van der Waals surface area contributed by atoms with Gasteiger partial charge in [-0.3, -0.25) is 24.6 Å². The average Bonchev–Trinajstić information content (AvgIpc) is 2.97. The summed E-state index contributed by atoms with van der Waals surface area (Å²) in [7, 11) is 2.91. The van der Waals surface area contributed by atoms with Crippen molar-refractivity contribution >= 4 is 23.2 Å². The molecule has 16 nitrogen and oxygen atoms in total. The zero-order valence-electron chi connectivity index (χ0n) is 24.6.